The van der Waals surface area contributed by atoms with Crippen LogP contribution in [0, 0.1) is 0 Å². The van der Waals surface area contributed by atoms with Gasteiger partial charge < -0.3 is 20.1 Å². The monoisotopic (exact) mass is 456 g/mol. The second kappa shape index (κ2) is 12.5. The molecule has 2 rings (SSSR count). The summed E-state index contributed by atoms with van der Waals surface area (Å²) in [7, 11) is 3.40. The smallest absolute Gasteiger partial charge is 0.218 e. The van der Waals surface area contributed by atoms with E-state index in [1.807, 2.05) is 42.5 Å². The van der Waals surface area contributed by atoms with Gasteiger partial charge in [0.1, 0.15) is 6.61 Å². The molecular weight excluding hydrogens is 431 g/mol. The molecule has 0 saturated carbocycles. The average Bonchev–Trinajstić information content (AvgIpc) is 2.64. The fourth-order valence-corrected chi connectivity index (χ4v) is 2.09. The average molecular weight is 456 g/mol. The molecule has 136 valence electrons. The van der Waals surface area contributed by atoms with E-state index in [0.717, 1.165) is 11.1 Å². The SMILES string of the molecule is CN=C(NCCOC)NCc1cccnc1OCc1ccccc1.I. The molecule has 1 aromatic carbocycles. The Morgan fingerprint density at radius 2 is 1.92 bits per heavy atom. The van der Waals surface area contributed by atoms with Crippen molar-refractivity contribution in [1.82, 2.24) is 15.6 Å². The van der Waals surface area contributed by atoms with E-state index in [-0.39, 0.29) is 24.0 Å². The second-order valence-corrected chi connectivity index (χ2v) is 5.09. The number of pyridine rings is 1. The molecule has 1 aromatic heterocycles. The summed E-state index contributed by atoms with van der Waals surface area (Å²) in [6.07, 6.45) is 1.73. The van der Waals surface area contributed by atoms with Crippen molar-refractivity contribution in [3.05, 3.63) is 59.8 Å². The van der Waals surface area contributed by atoms with Crippen LogP contribution in [0.3, 0.4) is 0 Å². The van der Waals surface area contributed by atoms with E-state index in [2.05, 4.69) is 20.6 Å². The molecule has 0 aliphatic carbocycles. The zero-order valence-electron chi connectivity index (χ0n) is 14.6. The first-order valence-corrected chi connectivity index (χ1v) is 7.87. The quantitative estimate of drug-likeness (QED) is 0.277. The van der Waals surface area contributed by atoms with Crippen molar-refractivity contribution >= 4 is 29.9 Å². The summed E-state index contributed by atoms with van der Waals surface area (Å²) in [6.45, 7) is 2.38. The predicted molar refractivity (Wildman–Crippen MR) is 111 cm³/mol. The Labute approximate surface area is 166 Å². The summed E-state index contributed by atoms with van der Waals surface area (Å²) in [4.78, 5) is 8.51. The third kappa shape index (κ3) is 7.70. The molecular formula is C18H25IN4O2. The van der Waals surface area contributed by atoms with Gasteiger partial charge in [0.25, 0.3) is 0 Å². The minimum absolute atomic E-state index is 0. The third-order valence-electron chi connectivity index (χ3n) is 3.34. The van der Waals surface area contributed by atoms with Gasteiger partial charge in [-0.15, -0.1) is 24.0 Å². The van der Waals surface area contributed by atoms with Crippen LogP contribution >= 0.6 is 24.0 Å². The van der Waals surface area contributed by atoms with Crippen molar-refractivity contribution in [2.75, 3.05) is 27.3 Å². The van der Waals surface area contributed by atoms with Crippen molar-refractivity contribution in [2.24, 2.45) is 4.99 Å². The van der Waals surface area contributed by atoms with Gasteiger partial charge in [0, 0.05) is 39.0 Å². The van der Waals surface area contributed by atoms with Crippen molar-refractivity contribution in [3.8, 4) is 5.88 Å². The van der Waals surface area contributed by atoms with E-state index in [1.54, 1.807) is 20.4 Å². The van der Waals surface area contributed by atoms with Crippen molar-refractivity contribution in [1.29, 1.82) is 0 Å². The largest absolute Gasteiger partial charge is 0.473 e. The summed E-state index contributed by atoms with van der Waals surface area (Å²) < 4.78 is 10.9. The number of methoxy groups -OCH3 is 1. The lowest BCUT2D eigenvalue weighted by atomic mass is 10.2. The Hall–Kier alpha value is -1.87. The lowest BCUT2D eigenvalue weighted by Gasteiger charge is -2.14. The molecule has 7 heteroatoms. The lowest BCUT2D eigenvalue weighted by Crippen LogP contribution is -2.38. The Balaban J connectivity index is 0.00000312. The van der Waals surface area contributed by atoms with Gasteiger partial charge >= 0.3 is 0 Å². The zero-order valence-corrected chi connectivity index (χ0v) is 16.9. The first kappa shape index (κ1) is 21.2. The van der Waals surface area contributed by atoms with Crippen LogP contribution in [-0.2, 0) is 17.9 Å². The Morgan fingerprint density at radius 1 is 1.12 bits per heavy atom. The number of aromatic nitrogens is 1. The number of nitrogens with one attached hydrogen (secondary N) is 2. The highest BCUT2D eigenvalue weighted by Gasteiger charge is 2.06. The van der Waals surface area contributed by atoms with E-state index in [1.165, 1.54) is 0 Å². The molecule has 0 aliphatic heterocycles. The van der Waals surface area contributed by atoms with Gasteiger partial charge in [0.15, 0.2) is 5.96 Å². The van der Waals surface area contributed by atoms with Gasteiger partial charge in [-0.25, -0.2) is 4.98 Å². The van der Waals surface area contributed by atoms with Crippen LogP contribution < -0.4 is 15.4 Å². The van der Waals surface area contributed by atoms with Gasteiger partial charge in [-0.2, -0.15) is 0 Å². The standard InChI is InChI=1S/C18H24N4O2.HI/c1-19-18(21-11-12-23-2)22-13-16-9-6-10-20-17(16)24-14-15-7-4-3-5-8-15;/h3-10H,11-14H2,1-2H3,(H2,19,21,22);1H. The topological polar surface area (TPSA) is 67.8 Å². The van der Waals surface area contributed by atoms with Gasteiger partial charge in [-0.05, 0) is 11.6 Å². The number of guanidine groups is 1. The predicted octanol–water partition coefficient (Wildman–Crippen LogP) is 2.59. The zero-order chi connectivity index (χ0) is 17.0. The highest BCUT2D eigenvalue weighted by molar-refractivity contribution is 14.0. The summed E-state index contributed by atoms with van der Waals surface area (Å²) in [5.74, 6) is 1.34. The Morgan fingerprint density at radius 3 is 2.64 bits per heavy atom. The Kier molecular flexibility index (Phi) is 10.6. The van der Waals surface area contributed by atoms with Crippen molar-refractivity contribution in [3.63, 3.8) is 0 Å². The van der Waals surface area contributed by atoms with Gasteiger partial charge in [-0.1, -0.05) is 36.4 Å². The fourth-order valence-electron chi connectivity index (χ4n) is 2.09. The minimum Gasteiger partial charge on any atom is -0.473 e. The van der Waals surface area contributed by atoms with Gasteiger partial charge in [0.2, 0.25) is 5.88 Å². The minimum atomic E-state index is 0. The molecule has 0 atom stereocenters. The summed E-state index contributed by atoms with van der Waals surface area (Å²) in [6, 6.07) is 13.9. The third-order valence-corrected chi connectivity index (χ3v) is 3.34. The van der Waals surface area contributed by atoms with Crippen LogP contribution in [0.1, 0.15) is 11.1 Å². The highest BCUT2D eigenvalue weighted by Crippen LogP contribution is 2.15. The molecule has 25 heavy (non-hydrogen) atoms. The molecule has 0 unspecified atom stereocenters. The maximum Gasteiger partial charge on any atom is 0.218 e. The highest BCUT2D eigenvalue weighted by atomic mass is 127. The van der Waals surface area contributed by atoms with Crippen LogP contribution in [0.5, 0.6) is 5.88 Å². The summed E-state index contributed by atoms with van der Waals surface area (Å²) in [5.41, 5.74) is 2.09. The maximum atomic E-state index is 5.86. The molecule has 0 amide bonds. The summed E-state index contributed by atoms with van der Waals surface area (Å²) >= 11 is 0. The molecule has 1 heterocycles. The summed E-state index contributed by atoms with van der Waals surface area (Å²) in [5, 5.41) is 6.42. The first-order valence-electron chi connectivity index (χ1n) is 7.87. The first-order chi connectivity index (χ1) is 11.8. The number of hydrogen-bond donors (Lipinski definition) is 2. The molecule has 2 aromatic rings. The van der Waals surface area contributed by atoms with Crippen LogP contribution in [0.4, 0.5) is 0 Å². The molecule has 0 fully saturated rings. The molecule has 0 saturated heterocycles. The lowest BCUT2D eigenvalue weighted by molar-refractivity contribution is 0.203. The number of rotatable bonds is 8. The molecule has 0 bridgehead atoms. The number of aliphatic imine (C=N–C) groups is 1. The van der Waals surface area contributed by atoms with Crippen LogP contribution in [0.2, 0.25) is 0 Å². The Bertz CT molecular complexity index is 638. The molecule has 0 aliphatic rings. The van der Waals surface area contributed by atoms with Crippen LogP contribution in [0.15, 0.2) is 53.7 Å². The molecule has 6 nitrogen and oxygen atoms in total. The molecule has 2 N–H and O–H groups in total. The number of benzene rings is 1. The molecule has 0 radical (unpaired) electrons. The second-order valence-electron chi connectivity index (χ2n) is 5.09. The fraction of sp³-hybridized carbons (Fsp3) is 0.333. The van der Waals surface area contributed by atoms with E-state index >= 15 is 0 Å². The van der Waals surface area contributed by atoms with E-state index in [0.29, 0.717) is 38.1 Å². The van der Waals surface area contributed by atoms with Gasteiger partial charge in [-0.3, -0.25) is 4.99 Å². The van der Waals surface area contributed by atoms with Crippen molar-refractivity contribution in [2.45, 2.75) is 13.2 Å². The van der Waals surface area contributed by atoms with E-state index < -0.39 is 0 Å². The van der Waals surface area contributed by atoms with Crippen LogP contribution in [-0.4, -0.2) is 38.3 Å². The number of hydrogen-bond acceptors (Lipinski definition) is 4. The maximum absolute atomic E-state index is 5.86. The molecule has 0 spiro atoms. The number of halogens is 1. The van der Waals surface area contributed by atoms with Gasteiger partial charge in [0.05, 0.1) is 6.61 Å². The number of ether oxygens (including phenoxy) is 2. The van der Waals surface area contributed by atoms with E-state index in [9.17, 15) is 0 Å². The number of nitrogens with zero attached hydrogens (tertiary/aromatic N) is 2. The van der Waals surface area contributed by atoms with Crippen molar-refractivity contribution < 1.29 is 9.47 Å². The van der Waals surface area contributed by atoms with Crippen LogP contribution in [0.25, 0.3) is 0 Å². The van der Waals surface area contributed by atoms with E-state index in [4.69, 9.17) is 9.47 Å². The normalized spacial score (nSPS) is 10.7.